The summed E-state index contributed by atoms with van der Waals surface area (Å²) in [6.07, 6.45) is 3.90. The number of fused-ring (bicyclic) bond motifs is 5. The van der Waals surface area contributed by atoms with E-state index in [2.05, 4.69) is 16.0 Å². The number of hydrogen-bond donors (Lipinski definition) is 2. The molecule has 19 heavy (non-hydrogen) atoms. The van der Waals surface area contributed by atoms with Gasteiger partial charge < -0.3 is 10.1 Å². The summed E-state index contributed by atoms with van der Waals surface area (Å²) in [5.74, 6) is 1.98. The van der Waals surface area contributed by atoms with Gasteiger partial charge >= 0.3 is 0 Å². The molecule has 1 saturated carbocycles. The Bertz CT molecular complexity index is 675. The molecule has 1 saturated heterocycles. The van der Waals surface area contributed by atoms with Gasteiger partial charge in [0.2, 0.25) is 0 Å². The van der Waals surface area contributed by atoms with Crippen molar-refractivity contribution in [2.45, 2.75) is 31.2 Å². The smallest absolute Gasteiger partial charge is 0.117 e. The molecular weight excluding hydrogens is 236 g/mol. The molecular formula is C16H18N2O. The average Bonchev–Trinajstić information content (AvgIpc) is 3.05. The van der Waals surface area contributed by atoms with Crippen molar-refractivity contribution < 1.29 is 5.11 Å². The second-order valence-electron chi connectivity index (χ2n) is 6.50. The predicted molar refractivity (Wildman–Crippen MR) is 74.5 cm³/mol. The molecule has 3 aliphatic rings. The summed E-state index contributed by atoms with van der Waals surface area (Å²) in [6.45, 7) is 2.53. The van der Waals surface area contributed by atoms with Crippen LogP contribution in [0.5, 0.6) is 5.75 Å². The van der Waals surface area contributed by atoms with Gasteiger partial charge in [-0.15, -0.1) is 0 Å². The first kappa shape index (κ1) is 10.3. The number of phenols is 1. The Morgan fingerprint density at radius 2 is 2.21 bits per heavy atom. The minimum atomic E-state index is 0.360. The quantitative estimate of drug-likeness (QED) is 0.758. The summed E-state index contributed by atoms with van der Waals surface area (Å²) in [5.41, 5.74) is 4.09. The molecule has 2 bridgehead atoms. The van der Waals surface area contributed by atoms with Crippen molar-refractivity contribution in [1.82, 2.24) is 9.88 Å². The van der Waals surface area contributed by atoms with E-state index in [1.807, 2.05) is 12.1 Å². The number of phenolic OH excluding ortho intramolecular Hbond substituents is 1. The van der Waals surface area contributed by atoms with Crippen LogP contribution in [0.1, 0.15) is 30.0 Å². The number of piperidine rings is 1. The van der Waals surface area contributed by atoms with Gasteiger partial charge in [0.1, 0.15) is 5.75 Å². The summed E-state index contributed by atoms with van der Waals surface area (Å²) < 4.78 is 0. The molecule has 0 amide bonds. The van der Waals surface area contributed by atoms with Crippen LogP contribution < -0.4 is 0 Å². The number of aromatic amines is 1. The SMILES string of the molecule is Oc1ccc2c3c([nH]c2c1)C1CC2CC1N(CC3)C2. The number of H-pyrrole nitrogens is 1. The predicted octanol–water partition coefficient (Wildman–Crippen LogP) is 2.61. The molecule has 1 aromatic heterocycles. The highest BCUT2D eigenvalue weighted by Crippen LogP contribution is 2.50. The van der Waals surface area contributed by atoms with E-state index >= 15 is 0 Å². The lowest BCUT2D eigenvalue weighted by molar-refractivity contribution is 0.201. The fourth-order valence-corrected chi connectivity index (χ4v) is 4.81. The molecule has 98 valence electrons. The number of aromatic nitrogens is 1. The van der Waals surface area contributed by atoms with Crippen molar-refractivity contribution in [2.75, 3.05) is 13.1 Å². The summed E-state index contributed by atoms with van der Waals surface area (Å²) in [4.78, 5) is 6.33. The van der Waals surface area contributed by atoms with Gasteiger partial charge in [-0.3, -0.25) is 4.90 Å². The fraction of sp³-hybridized carbons (Fsp3) is 0.500. The van der Waals surface area contributed by atoms with Crippen LogP contribution in [0.4, 0.5) is 0 Å². The van der Waals surface area contributed by atoms with Gasteiger partial charge in [0.15, 0.2) is 0 Å². The van der Waals surface area contributed by atoms with Crippen LogP contribution in [0.3, 0.4) is 0 Å². The van der Waals surface area contributed by atoms with Gasteiger partial charge in [-0.05, 0) is 42.9 Å². The third kappa shape index (κ3) is 1.26. The number of nitrogens with zero attached hydrogens (tertiary/aromatic N) is 1. The Hall–Kier alpha value is -1.48. The number of benzene rings is 1. The summed E-state index contributed by atoms with van der Waals surface area (Å²) in [7, 11) is 0. The normalized spacial score (nSPS) is 32.7. The van der Waals surface area contributed by atoms with E-state index in [0.717, 1.165) is 23.9 Å². The molecule has 3 heterocycles. The highest BCUT2D eigenvalue weighted by Gasteiger charge is 2.47. The lowest BCUT2D eigenvalue weighted by Gasteiger charge is -2.30. The van der Waals surface area contributed by atoms with E-state index in [1.165, 1.54) is 42.6 Å². The second kappa shape index (κ2) is 3.34. The third-order valence-electron chi connectivity index (χ3n) is 5.53. The topological polar surface area (TPSA) is 39.3 Å². The summed E-state index contributed by atoms with van der Waals surface area (Å²) >= 11 is 0. The average molecular weight is 254 g/mol. The van der Waals surface area contributed by atoms with Crippen molar-refractivity contribution in [1.29, 1.82) is 0 Å². The van der Waals surface area contributed by atoms with Crippen molar-refractivity contribution >= 4 is 10.9 Å². The van der Waals surface area contributed by atoms with Crippen LogP contribution in [0, 0.1) is 5.92 Å². The van der Waals surface area contributed by atoms with Gasteiger partial charge in [0, 0.05) is 47.7 Å². The van der Waals surface area contributed by atoms with Gasteiger partial charge in [-0.1, -0.05) is 0 Å². The van der Waals surface area contributed by atoms with Crippen molar-refractivity contribution in [3.8, 4) is 5.75 Å². The van der Waals surface area contributed by atoms with E-state index in [0.29, 0.717) is 11.7 Å². The monoisotopic (exact) mass is 254 g/mol. The number of rotatable bonds is 0. The van der Waals surface area contributed by atoms with E-state index in [4.69, 9.17) is 0 Å². The molecule has 3 heteroatoms. The molecule has 3 unspecified atom stereocenters. The fourth-order valence-electron chi connectivity index (χ4n) is 4.81. The first-order valence-corrected chi connectivity index (χ1v) is 7.37. The van der Waals surface area contributed by atoms with E-state index < -0.39 is 0 Å². The van der Waals surface area contributed by atoms with Crippen LogP contribution in [-0.4, -0.2) is 34.1 Å². The Kier molecular flexibility index (Phi) is 1.81. The number of aromatic hydroxyl groups is 1. The van der Waals surface area contributed by atoms with E-state index in [-0.39, 0.29) is 0 Å². The highest BCUT2D eigenvalue weighted by molar-refractivity contribution is 5.86. The van der Waals surface area contributed by atoms with Crippen LogP contribution in [0.2, 0.25) is 0 Å². The second-order valence-corrected chi connectivity index (χ2v) is 6.50. The maximum Gasteiger partial charge on any atom is 0.117 e. The van der Waals surface area contributed by atoms with Crippen LogP contribution in [-0.2, 0) is 6.42 Å². The van der Waals surface area contributed by atoms with Crippen molar-refractivity contribution in [3.05, 3.63) is 29.5 Å². The first-order chi connectivity index (χ1) is 9.29. The molecule has 2 aliphatic heterocycles. The maximum absolute atomic E-state index is 9.66. The van der Waals surface area contributed by atoms with Crippen LogP contribution in [0.15, 0.2) is 18.2 Å². The van der Waals surface area contributed by atoms with Crippen molar-refractivity contribution in [3.63, 3.8) is 0 Å². The van der Waals surface area contributed by atoms with E-state index in [1.54, 1.807) is 0 Å². The molecule has 3 nitrogen and oxygen atoms in total. The first-order valence-electron chi connectivity index (χ1n) is 7.37. The minimum Gasteiger partial charge on any atom is -0.508 e. The van der Waals surface area contributed by atoms with Gasteiger partial charge in [-0.2, -0.15) is 0 Å². The molecule has 1 aliphatic carbocycles. The standard InChI is InChI=1S/C16H18N2O/c19-10-1-2-11-12-3-4-18-8-9-5-13(15(18)6-9)16(12)17-14(11)7-10/h1-2,7,9,13,15,17,19H,3-6,8H2. The zero-order chi connectivity index (χ0) is 12.6. The molecule has 1 aromatic carbocycles. The molecule has 3 atom stereocenters. The molecule has 0 spiro atoms. The Morgan fingerprint density at radius 1 is 1.26 bits per heavy atom. The largest absolute Gasteiger partial charge is 0.508 e. The zero-order valence-corrected chi connectivity index (χ0v) is 10.9. The van der Waals surface area contributed by atoms with Crippen LogP contribution in [0.25, 0.3) is 10.9 Å². The zero-order valence-electron chi connectivity index (χ0n) is 10.9. The molecule has 0 radical (unpaired) electrons. The van der Waals surface area contributed by atoms with Gasteiger partial charge in [0.05, 0.1) is 0 Å². The lowest BCUT2D eigenvalue weighted by atomic mass is 9.93. The summed E-state index contributed by atoms with van der Waals surface area (Å²) in [6, 6.07) is 6.53. The summed E-state index contributed by atoms with van der Waals surface area (Å²) in [5, 5.41) is 11.0. The highest BCUT2D eigenvalue weighted by atomic mass is 16.3. The van der Waals surface area contributed by atoms with Gasteiger partial charge in [0.25, 0.3) is 0 Å². The number of nitrogens with one attached hydrogen (secondary N) is 1. The molecule has 2 N–H and O–H groups in total. The van der Waals surface area contributed by atoms with Crippen molar-refractivity contribution in [2.24, 2.45) is 5.92 Å². The van der Waals surface area contributed by atoms with Crippen LogP contribution >= 0.6 is 0 Å². The maximum atomic E-state index is 9.66. The Balaban J connectivity index is 1.74. The van der Waals surface area contributed by atoms with Gasteiger partial charge in [-0.25, -0.2) is 0 Å². The third-order valence-corrected chi connectivity index (χ3v) is 5.53. The Morgan fingerprint density at radius 3 is 3.11 bits per heavy atom. The molecule has 2 fully saturated rings. The Labute approximate surface area is 112 Å². The molecule has 2 aromatic rings. The number of hydrogen-bond acceptors (Lipinski definition) is 2. The minimum absolute atomic E-state index is 0.360. The lowest BCUT2D eigenvalue weighted by Crippen LogP contribution is -2.36. The molecule has 5 rings (SSSR count). The van der Waals surface area contributed by atoms with E-state index in [9.17, 15) is 5.11 Å².